The third-order valence-electron chi connectivity index (χ3n) is 2.48. The van der Waals surface area contributed by atoms with Crippen LogP contribution < -0.4 is 0 Å². The summed E-state index contributed by atoms with van der Waals surface area (Å²) in [5.41, 5.74) is 0.706. The minimum Gasteiger partial charge on any atom is -0.349 e. The lowest BCUT2D eigenvalue weighted by atomic mass is 10.2. The highest BCUT2D eigenvalue weighted by atomic mass is 16.2. The second kappa shape index (κ2) is 5.49. The van der Waals surface area contributed by atoms with Crippen LogP contribution in [0.4, 0.5) is 0 Å². The molecule has 1 amide bonds. The highest BCUT2D eigenvalue weighted by molar-refractivity contribution is 5.92. The van der Waals surface area contributed by atoms with Crippen LogP contribution in [0.1, 0.15) is 30.3 Å². The SMILES string of the molecule is CC(=O)c1cccn1CCCC(=O)N(C)C. The van der Waals surface area contributed by atoms with Gasteiger partial charge in [-0.15, -0.1) is 0 Å². The van der Waals surface area contributed by atoms with E-state index >= 15 is 0 Å². The van der Waals surface area contributed by atoms with Gasteiger partial charge >= 0.3 is 0 Å². The number of aryl methyl sites for hydroxylation is 1. The number of amides is 1. The number of rotatable bonds is 5. The molecule has 0 aliphatic heterocycles. The Morgan fingerprint density at radius 3 is 2.62 bits per heavy atom. The van der Waals surface area contributed by atoms with Crippen molar-refractivity contribution >= 4 is 11.7 Å². The zero-order valence-corrected chi connectivity index (χ0v) is 10.1. The Kier molecular flexibility index (Phi) is 4.28. The average Bonchev–Trinajstić information content (AvgIpc) is 2.65. The molecule has 0 atom stereocenters. The molecule has 1 aromatic rings. The second-order valence-corrected chi connectivity index (χ2v) is 4.03. The molecule has 0 aromatic carbocycles. The van der Waals surface area contributed by atoms with E-state index in [1.807, 2.05) is 16.8 Å². The number of aromatic nitrogens is 1. The number of ketones is 1. The molecule has 0 N–H and O–H groups in total. The van der Waals surface area contributed by atoms with Crippen LogP contribution in [-0.2, 0) is 11.3 Å². The Hall–Kier alpha value is -1.58. The normalized spacial score (nSPS) is 10.2. The van der Waals surface area contributed by atoms with Gasteiger partial charge in [0.05, 0.1) is 5.69 Å². The van der Waals surface area contributed by atoms with E-state index in [2.05, 4.69) is 0 Å². The first kappa shape index (κ1) is 12.5. The van der Waals surface area contributed by atoms with Gasteiger partial charge in [-0.2, -0.15) is 0 Å². The van der Waals surface area contributed by atoms with E-state index in [1.165, 1.54) is 0 Å². The number of carbonyl (C=O) groups excluding carboxylic acids is 2. The zero-order chi connectivity index (χ0) is 12.1. The number of hydrogen-bond donors (Lipinski definition) is 0. The Balaban J connectivity index is 2.46. The summed E-state index contributed by atoms with van der Waals surface area (Å²) in [7, 11) is 3.50. The molecule has 0 radical (unpaired) electrons. The summed E-state index contributed by atoms with van der Waals surface area (Å²) in [6, 6.07) is 3.65. The Bertz CT molecular complexity index is 380. The number of nitrogens with zero attached hydrogens (tertiary/aromatic N) is 2. The third kappa shape index (κ3) is 3.22. The van der Waals surface area contributed by atoms with Gasteiger partial charge in [0.15, 0.2) is 5.78 Å². The third-order valence-corrected chi connectivity index (χ3v) is 2.48. The van der Waals surface area contributed by atoms with Gasteiger partial charge in [-0.3, -0.25) is 9.59 Å². The smallest absolute Gasteiger partial charge is 0.222 e. The molecule has 0 fully saturated rings. The predicted octanol–water partition coefficient (Wildman–Crippen LogP) is 1.56. The lowest BCUT2D eigenvalue weighted by molar-refractivity contribution is -0.128. The molecule has 0 spiro atoms. The van der Waals surface area contributed by atoms with Crippen molar-refractivity contribution in [2.45, 2.75) is 26.3 Å². The van der Waals surface area contributed by atoms with Crippen molar-refractivity contribution in [3.63, 3.8) is 0 Å². The molecule has 0 saturated heterocycles. The number of Topliss-reactive ketones (excluding diaryl/α,β-unsaturated/α-hetero) is 1. The standard InChI is InChI=1S/C12H18N2O2/c1-10(15)11-6-4-8-14(11)9-5-7-12(16)13(2)3/h4,6,8H,5,7,9H2,1-3H3. The van der Waals surface area contributed by atoms with E-state index in [0.29, 0.717) is 18.7 Å². The molecule has 4 nitrogen and oxygen atoms in total. The first-order valence-corrected chi connectivity index (χ1v) is 5.38. The highest BCUT2D eigenvalue weighted by Gasteiger charge is 2.07. The molecule has 0 saturated carbocycles. The lowest BCUT2D eigenvalue weighted by Gasteiger charge is -2.11. The summed E-state index contributed by atoms with van der Waals surface area (Å²) in [5, 5.41) is 0. The second-order valence-electron chi connectivity index (χ2n) is 4.03. The molecule has 0 aliphatic rings. The van der Waals surface area contributed by atoms with Crippen molar-refractivity contribution in [2.75, 3.05) is 14.1 Å². The molecule has 1 heterocycles. The molecule has 4 heteroatoms. The van der Waals surface area contributed by atoms with Crippen molar-refractivity contribution in [1.82, 2.24) is 9.47 Å². The molecule has 0 aliphatic carbocycles. The van der Waals surface area contributed by atoms with Gasteiger partial charge in [0, 0.05) is 40.2 Å². The molecule has 1 rings (SSSR count). The Morgan fingerprint density at radius 1 is 1.38 bits per heavy atom. The maximum Gasteiger partial charge on any atom is 0.222 e. The fraction of sp³-hybridized carbons (Fsp3) is 0.500. The topological polar surface area (TPSA) is 42.3 Å². The van der Waals surface area contributed by atoms with Crippen molar-refractivity contribution in [2.24, 2.45) is 0 Å². The number of hydrogen-bond acceptors (Lipinski definition) is 2. The molecular weight excluding hydrogens is 204 g/mol. The average molecular weight is 222 g/mol. The first-order valence-electron chi connectivity index (χ1n) is 5.38. The zero-order valence-electron chi connectivity index (χ0n) is 10.1. The monoisotopic (exact) mass is 222 g/mol. The largest absolute Gasteiger partial charge is 0.349 e. The maximum absolute atomic E-state index is 11.3. The van der Waals surface area contributed by atoms with Gasteiger partial charge in [0.1, 0.15) is 0 Å². The summed E-state index contributed by atoms with van der Waals surface area (Å²) in [4.78, 5) is 24.2. The van der Waals surface area contributed by atoms with Crippen LogP contribution in [0.15, 0.2) is 18.3 Å². The van der Waals surface area contributed by atoms with Crippen LogP contribution >= 0.6 is 0 Å². The van der Waals surface area contributed by atoms with Crippen molar-refractivity contribution < 1.29 is 9.59 Å². The van der Waals surface area contributed by atoms with Gasteiger partial charge < -0.3 is 9.47 Å². The summed E-state index contributed by atoms with van der Waals surface area (Å²) in [5.74, 6) is 0.181. The van der Waals surface area contributed by atoms with Gasteiger partial charge in [-0.1, -0.05) is 0 Å². The van der Waals surface area contributed by atoms with E-state index in [9.17, 15) is 9.59 Å². The minimum absolute atomic E-state index is 0.0592. The molecule has 0 unspecified atom stereocenters. The van der Waals surface area contributed by atoms with Crippen LogP contribution in [-0.4, -0.2) is 35.3 Å². The summed E-state index contributed by atoms with van der Waals surface area (Å²) < 4.78 is 1.89. The van der Waals surface area contributed by atoms with Crippen LogP contribution in [0.25, 0.3) is 0 Å². The Labute approximate surface area is 95.9 Å². The van der Waals surface area contributed by atoms with E-state index in [1.54, 1.807) is 32.0 Å². The fourth-order valence-corrected chi connectivity index (χ4v) is 1.55. The first-order chi connectivity index (χ1) is 7.52. The van der Waals surface area contributed by atoms with Crippen LogP contribution in [0.2, 0.25) is 0 Å². The van der Waals surface area contributed by atoms with E-state index in [-0.39, 0.29) is 11.7 Å². The number of carbonyl (C=O) groups is 2. The van der Waals surface area contributed by atoms with Crippen molar-refractivity contribution in [3.8, 4) is 0 Å². The van der Waals surface area contributed by atoms with Crippen molar-refractivity contribution in [3.05, 3.63) is 24.0 Å². The molecule has 0 bridgehead atoms. The van der Waals surface area contributed by atoms with Crippen LogP contribution in [0.5, 0.6) is 0 Å². The summed E-state index contributed by atoms with van der Waals surface area (Å²) in [6.45, 7) is 2.26. The maximum atomic E-state index is 11.3. The Morgan fingerprint density at radius 2 is 2.06 bits per heavy atom. The molecule has 1 aromatic heterocycles. The van der Waals surface area contributed by atoms with Crippen LogP contribution in [0.3, 0.4) is 0 Å². The molecule has 88 valence electrons. The fourth-order valence-electron chi connectivity index (χ4n) is 1.55. The molecule has 16 heavy (non-hydrogen) atoms. The van der Waals surface area contributed by atoms with E-state index in [4.69, 9.17) is 0 Å². The quantitative estimate of drug-likeness (QED) is 0.709. The summed E-state index contributed by atoms with van der Waals surface area (Å²) >= 11 is 0. The van der Waals surface area contributed by atoms with Gasteiger partial charge in [-0.05, 0) is 18.6 Å². The van der Waals surface area contributed by atoms with E-state index < -0.39 is 0 Å². The minimum atomic E-state index is 0.0592. The van der Waals surface area contributed by atoms with Crippen molar-refractivity contribution in [1.29, 1.82) is 0 Å². The van der Waals surface area contributed by atoms with Gasteiger partial charge in [0.2, 0.25) is 5.91 Å². The molecular formula is C12H18N2O2. The predicted molar refractivity (Wildman–Crippen MR) is 62.4 cm³/mol. The van der Waals surface area contributed by atoms with Gasteiger partial charge in [-0.25, -0.2) is 0 Å². The summed E-state index contributed by atoms with van der Waals surface area (Å²) in [6.07, 6.45) is 3.14. The lowest BCUT2D eigenvalue weighted by Crippen LogP contribution is -2.21. The van der Waals surface area contributed by atoms with Crippen LogP contribution in [0, 0.1) is 0 Å². The van der Waals surface area contributed by atoms with Gasteiger partial charge in [0.25, 0.3) is 0 Å². The highest BCUT2D eigenvalue weighted by Crippen LogP contribution is 2.06. The van der Waals surface area contributed by atoms with E-state index in [0.717, 1.165) is 6.42 Å².